The van der Waals surface area contributed by atoms with Gasteiger partial charge in [0.25, 0.3) is 5.88 Å². The van der Waals surface area contributed by atoms with Crippen LogP contribution in [0.25, 0.3) is 66.4 Å². The molecule has 1 aliphatic heterocycles. The quantitative estimate of drug-likeness (QED) is 0.0486. The summed E-state index contributed by atoms with van der Waals surface area (Å²) in [5, 5.41) is 55.5. The summed E-state index contributed by atoms with van der Waals surface area (Å²) in [5.74, 6) is 6.03. The van der Waals surface area contributed by atoms with Crippen molar-refractivity contribution in [2.45, 2.75) is 147 Å². The standard InChI is InChI=1S/C33H27ClN2O3.C27H23Cl3N2O.C26H30ClN5O4.C23H26ClN5O2/c1-32(2,3)30-29(27-11-6-16-38-27)25-19-22(13-14-26(25)36-31(30)28-12-7-17-39-28)33(37,23-9-5-15-35-20-23)21-8-4-10-24(34)18-21;28-21-10-4-8-18(14-21)27(33,20-9-5-13-31-16-20)19-11-12-23-22(15-19)25(29)24(26(30)32-23)17-6-2-1-3-7-17;1-15-28-12-21(31(15)3)26(33,22-13-29-16(2)32(22)4)17-8-9-20-19(11-17)23(27)24(25(30-20)34-5)36-14-18-7-6-10-35-18;1-7-16-21(24)17-10-15(8-9-18(17)27-22(16)31-6)23(30,19-11-25-13(2)28(19)4)20-12-26-14(3)29(20)5/h4-20,37H,1-3H3;4-5,8-17,33H,1-3,6-7H2;8-9,11-13,18,33H,6-7,10,14H2,1-5H3;8-12,30H,7H2,1-6H3. The number of nitrogens with zero attached hydrogens (tertiary/aromatic N) is 14. The van der Waals surface area contributed by atoms with Gasteiger partial charge in [0, 0.05) is 119 Å². The van der Waals surface area contributed by atoms with Crippen LogP contribution in [0.3, 0.4) is 0 Å². The Morgan fingerprint density at radius 3 is 1.26 bits per heavy atom. The number of furan rings is 2. The van der Waals surface area contributed by atoms with Gasteiger partial charge in [0.1, 0.15) is 57.7 Å². The molecule has 139 heavy (non-hydrogen) atoms. The SMILES string of the molecule is CC(C)(C)c1c(-c2ccco2)nc2ccc(C(O)(c3cccnc3)c3cccc(Cl)c3)cc2c1-c1ccco1.CCc1c(OC)nc2ccc(C(O)(c3cnc(C)n3C)c3cnc(C)n3C)cc2c1Cl.COc1nc2ccc(C(O)(c3cnc(C)n3C)c3cnc(C)n3C)cc2c(Cl)c1OCC1CCCO1.OC(c1cccnc1)(c1cccc(Cl)c1)c1ccc2nc(Cl)c(C3CCCCC3)c(Cl)c2c1. The van der Waals surface area contributed by atoms with Crippen LogP contribution in [0.1, 0.15) is 186 Å². The first kappa shape index (κ1) is 98.2. The first-order valence-corrected chi connectivity index (χ1v) is 48.1. The number of hydrogen-bond donors (Lipinski definition) is 4. The molecule has 1 saturated heterocycles. The smallest absolute Gasteiger partial charge is 0.258 e. The highest BCUT2D eigenvalue weighted by atomic mass is 35.5. The normalized spacial score (nSPS) is 14.6. The second-order valence-corrected chi connectivity index (χ2v) is 38.5. The number of imidazole rings is 4. The molecule has 1 aliphatic carbocycles. The van der Waals surface area contributed by atoms with E-state index in [0.29, 0.717) is 167 Å². The molecule has 24 nitrogen and oxygen atoms in total. The van der Waals surface area contributed by atoms with Gasteiger partial charge < -0.3 is 66.5 Å². The molecule has 1 saturated carbocycles. The fraction of sp³-hybridized carbons (Fsp3) is 0.284. The molecule has 2 fully saturated rings. The van der Waals surface area contributed by atoms with Crippen molar-refractivity contribution in [1.82, 2.24) is 68.1 Å². The van der Waals surface area contributed by atoms with Gasteiger partial charge in [0.2, 0.25) is 11.6 Å². The lowest BCUT2D eigenvalue weighted by Crippen LogP contribution is -2.33. The van der Waals surface area contributed by atoms with E-state index in [9.17, 15) is 20.4 Å². The van der Waals surface area contributed by atoms with Crippen LogP contribution in [0, 0.1) is 27.7 Å². The number of pyridine rings is 6. The molecule has 0 radical (unpaired) electrons. The number of hydrogen-bond acceptors (Lipinski definition) is 20. The molecule has 6 aromatic carbocycles. The summed E-state index contributed by atoms with van der Waals surface area (Å²) in [6.07, 6.45) is 25.2. The molecule has 714 valence electrons. The predicted molar refractivity (Wildman–Crippen MR) is 545 cm³/mol. The van der Waals surface area contributed by atoms with Gasteiger partial charge in [-0.05, 0) is 219 Å². The fourth-order valence-electron chi connectivity index (χ4n) is 19.0. The molecular formula is C109H106Cl6N14O10. The molecule has 2 aliphatic rings. The van der Waals surface area contributed by atoms with Crippen LogP contribution in [0.15, 0.2) is 241 Å². The van der Waals surface area contributed by atoms with E-state index in [2.05, 4.69) is 65.6 Å². The van der Waals surface area contributed by atoms with E-state index < -0.39 is 22.4 Å². The number of aliphatic hydroxyl groups is 4. The van der Waals surface area contributed by atoms with E-state index >= 15 is 0 Å². The summed E-state index contributed by atoms with van der Waals surface area (Å²) in [6.45, 7) is 17.1. The summed E-state index contributed by atoms with van der Waals surface area (Å²) in [4.78, 5) is 45.2. The minimum atomic E-state index is -1.55. The Bertz CT molecular complexity index is 7450. The van der Waals surface area contributed by atoms with E-state index in [1.807, 2.05) is 221 Å². The number of ether oxygens (including phenoxy) is 4. The Morgan fingerprint density at radius 2 is 0.849 bits per heavy atom. The highest BCUT2D eigenvalue weighted by Crippen LogP contribution is 2.51. The summed E-state index contributed by atoms with van der Waals surface area (Å²) in [5.41, 5.74) is 8.46. The molecule has 12 aromatic heterocycles. The molecule has 18 aromatic rings. The first-order chi connectivity index (χ1) is 66.7. The van der Waals surface area contributed by atoms with Crippen molar-refractivity contribution in [1.29, 1.82) is 0 Å². The third kappa shape index (κ3) is 18.6. The van der Waals surface area contributed by atoms with Crippen molar-refractivity contribution in [3.8, 4) is 40.3 Å². The summed E-state index contributed by atoms with van der Waals surface area (Å²) >= 11 is 40.0. The minimum absolute atomic E-state index is 0.0130. The van der Waals surface area contributed by atoms with Gasteiger partial charge in [0.15, 0.2) is 17.0 Å². The lowest BCUT2D eigenvalue weighted by molar-refractivity contribution is 0.0668. The number of aromatic nitrogens is 14. The van der Waals surface area contributed by atoms with Crippen molar-refractivity contribution in [2.24, 2.45) is 28.2 Å². The third-order valence-electron chi connectivity index (χ3n) is 26.9. The zero-order valence-electron chi connectivity index (χ0n) is 79.4. The predicted octanol–water partition coefficient (Wildman–Crippen LogP) is 24.0. The number of methoxy groups -OCH3 is 2. The summed E-state index contributed by atoms with van der Waals surface area (Å²) < 4.78 is 42.0. The van der Waals surface area contributed by atoms with E-state index in [0.717, 1.165) is 105 Å². The molecule has 4 N–H and O–H groups in total. The molecule has 13 heterocycles. The Morgan fingerprint density at radius 1 is 0.424 bits per heavy atom. The van der Waals surface area contributed by atoms with Gasteiger partial charge in [-0.2, -0.15) is 0 Å². The van der Waals surface area contributed by atoms with Crippen LogP contribution < -0.4 is 14.2 Å². The lowest BCUT2D eigenvalue weighted by Gasteiger charge is -2.31. The highest BCUT2D eigenvalue weighted by Gasteiger charge is 2.44. The molecule has 0 amide bonds. The molecule has 0 bridgehead atoms. The number of aryl methyl sites for hydroxylation is 4. The van der Waals surface area contributed by atoms with Gasteiger partial charge in [0.05, 0.1) is 118 Å². The second-order valence-electron chi connectivity index (χ2n) is 36.1. The van der Waals surface area contributed by atoms with Crippen LogP contribution in [-0.4, -0.2) is 122 Å². The van der Waals surface area contributed by atoms with E-state index in [4.69, 9.17) is 102 Å². The molecular weight excluding hydrogens is 1880 g/mol. The number of rotatable bonds is 21. The monoisotopic (exact) mass is 1980 g/mol. The molecule has 20 rings (SSSR count). The lowest BCUT2D eigenvalue weighted by atomic mass is 9.78. The number of fused-ring (bicyclic) bond motifs is 4. The van der Waals surface area contributed by atoms with Crippen LogP contribution in [0.2, 0.25) is 30.3 Å². The largest absolute Gasteiger partial charge is 0.484 e. The van der Waals surface area contributed by atoms with Gasteiger partial charge >= 0.3 is 0 Å². The zero-order chi connectivity index (χ0) is 98.3. The molecule has 0 spiro atoms. The van der Waals surface area contributed by atoms with E-state index in [1.165, 1.54) is 26.4 Å². The van der Waals surface area contributed by atoms with Crippen molar-refractivity contribution < 1.29 is 48.2 Å². The highest BCUT2D eigenvalue weighted by molar-refractivity contribution is 6.39. The average molecular weight is 1980 g/mol. The first-order valence-electron chi connectivity index (χ1n) is 45.9. The maximum Gasteiger partial charge on any atom is 0.258 e. The van der Waals surface area contributed by atoms with Crippen molar-refractivity contribution >= 4 is 113 Å². The third-order valence-corrected chi connectivity index (χ3v) is 28.8. The Labute approximate surface area is 835 Å². The maximum absolute atomic E-state index is 12.5. The van der Waals surface area contributed by atoms with Crippen LogP contribution in [0.5, 0.6) is 17.5 Å². The fourth-order valence-corrected chi connectivity index (χ4v) is 20.8. The van der Waals surface area contributed by atoms with Crippen molar-refractivity contribution in [2.75, 3.05) is 27.4 Å². The van der Waals surface area contributed by atoms with Gasteiger partial charge in [-0.3, -0.25) is 9.97 Å². The Kier molecular flexibility index (Phi) is 28.6. The number of halogens is 6. The molecule has 30 heteroatoms. The van der Waals surface area contributed by atoms with E-state index in [-0.39, 0.29) is 11.5 Å². The van der Waals surface area contributed by atoms with Crippen molar-refractivity contribution in [3.63, 3.8) is 0 Å². The zero-order valence-corrected chi connectivity index (χ0v) is 84.0. The van der Waals surface area contributed by atoms with Gasteiger partial charge in [-0.1, -0.05) is 177 Å². The summed E-state index contributed by atoms with van der Waals surface area (Å²) in [7, 11) is 10.7. The Hall–Kier alpha value is -12.4. The second kappa shape index (κ2) is 40.4. The van der Waals surface area contributed by atoms with Crippen LogP contribution in [-0.2, 0) is 67.2 Å². The molecule has 3 atom stereocenters. The average Bonchev–Trinajstić information content (AvgIpc) is 1.71. The molecule has 3 unspecified atom stereocenters. The van der Waals surface area contributed by atoms with Gasteiger partial charge in [-0.15, -0.1) is 0 Å². The van der Waals surface area contributed by atoms with Crippen LogP contribution in [0.4, 0.5) is 0 Å². The summed E-state index contributed by atoms with van der Waals surface area (Å²) in [6, 6.07) is 52.1. The van der Waals surface area contributed by atoms with Crippen LogP contribution >= 0.6 is 69.6 Å². The number of benzene rings is 6. The van der Waals surface area contributed by atoms with Crippen molar-refractivity contribution in [3.05, 3.63) is 369 Å². The topological polar surface area (TPSA) is 293 Å². The maximum atomic E-state index is 12.5. The minimum Gasteiger partial charge on any atom is -0.484 e. The van der Waals surface area contributed by atoms with E-state index in [1.54, 1.807) is 99.5 Å². The Balaban J connectivity index is 0.000000128. The van der Waals surface area contributed by atoms with Gasteiger partial charge in [-0.25, -0.2) is 39.9 Å².